The average molecular weight is 392 g/mol. The summed E-state index contributed by atoms with van der Waals surface area (Å²) in [7, 11) is 0. The van der Waals surface area contributed by atoms with Gasteiger partial charge in [-0.25, -0.2) is 4.98 Å². The highest BCUT2D eigenvalue weighted by Gasteiger charge is 2.30. The van der Waals surface area contributed by atoms with E-state index in [1.54, 1.807) is 30.3 Å². The van der Waals surface area contributed by atoms with Gasteiger partial charge in [0.25, 0.3) is 5.56 Å². The fourth-order valence-electron chi connectivity index (χ4n) is 3.05. The summed E-state index contributed by atoms with van der Waals surface area (Å²) in [5.74, 6) is 0.414. The van der Waals surface area contributed by atoms with Crippen molar-refractivity contribution in [2.24, 2.45) is 0 Å². The Morgan fingerprint density at radius 3 is 2.34 bits per heavy atom. The van der Waals surface area contributed by atoms with Gasteiger partial charge in [0.2, 0.25) is 0 Å². The van der Waals surface area contributed by atoms with Gasteiger partial charge in [0.15, 0.2) is 0 Å². The number of halogens is 3. The molecule has 0 aliphatic carbocycles. The Kier molecular flexibility index (Phi) is 4.76. The summed E-state index contributed by atoms with van der Waals surface area (Å²) in [5.41, 5.74) is 0.576. The van der Waals surface area contributed by atoms with Crippen molar-refractivity contribution in [1.29, 1.82) is 0 Å². The third-order valence-corrected chi connectivity index (χ3v) is 4.47. The zero-order chi connectivity index (χ0) is 20.4. The van der Waals surface area contributed by atoms with Crippen LogP contribution in [0, 0.1) is 0 Å². The molecule has 144 valence electrons. The van der Waals surface area contributed by atoms with Crippen molar-refractivity contribution in [3.63, 3.8) is 0 Å². The molecule has 3 aromatic carbocycles. The fourth-order valence-corrected chi connectivity index (χ4v) is 3.05. The summed E-state index contributed by atoms with van der Waals surface area (Å²) in [6.45, 7) is 0. The van der Waals surface area contributed by atoms with Crippen molar-refractivity contribution in [3.05, 3.63) is 100 Å². The Bertz CT molecular complexity index is 1260. The number of fused-ring (bicyclic) bond motifs is 1. The number of aromatic nitrogens is 2. The maximum Gasteiger partial charge on any atom is 0.416 e. The number of benzene rings is 3. The van der Waals surface area contributed by atoms with Crippen LogP contribution < -0.4 is 5.56 Å². The molecule has 6 heteroatoms. The highest BCUT2D eigenvalue weighted by atomic mass is 19.4. The van der Waals surface area contributed by atoms with E-state index < -0.39 is 11.7 Å². The molecule has 0 saturated carbocycles. The van der Waals surface area contributed by atoms with E-state index >= 15 is 0 Å². The van der Waals surface area contributed by atoms with Gasteiger partial charge in [0.05, 0.1) is 16.5 Å². The van der Waals surface area contributed by atoms with Gasteiger partial charge in [-0.05, 0) is 35.9 Å². The van der Waals surface area contributed by atoms with Crippen molar-refractivity contribution in [2.75, 3.05) is 0 Å². The van der Waals surface area contributed by atoms with E-state index in [1.807, 2.05) is 30.3 Å². The Labute approximate surface area is 164 Å². The van der Waals surface area contributed by atoms with Crippen LogP contribution in [0.2, 0.25) is 0 Å². The summed E-state index contributed by atoms with van der Waals surface area (Å²) in [5, 5.41) is 0.431. The van der Waals surface area contributed by atoms with E-state index in [1.165, 1.54) is 22.9 Å². The fraction of sp³-hybridized carbons (Fsp3) is 0.0435. The van der Waals surface area contributed by atoms with Gasteiger partial charge in [-0.2, -0.15) is 13.2 Å². The first-order chi connectivity index (χ1) is 13.9. The number of nitrogens with zero attached hydrogens (tertiary/aromatic N) is 2. The number of para-hydroxylation sites is 1. The predicted octanol–water partition coefficient (Wildman–Crippen LogP) is 5.71. The Balaban J connectivity index is 1.88. The van der Waals surface area contributed by atoms with Crippen molar-refractivity contribution >= 4 is 23.2 Å². The number of hydrogen-bond acceptors (Lipinski definition) is 2. The molecule has 0 amide bonds. The lowest BCUT2D eigenvalue weighted by Crippen LogP contribution is -2.19. The lowest BCUT2D eigenvalue weighted by molar-refractivity contribution is -0.137. The second-order valence-electron chi connectivity index (χ2n) is 6.43. The highest BCUT2D eigenvalue weighted by molar-refractivity contribution is 5.81. The lowest BCUT2D eigenvalue weighted by Gasteiger charge is -2.10. The monoisotopic (exact) mass is 392 g/mol. The van der Waals surface area contributed by atoms with E-state index in [0.717, 1.165) is 17.7 Å². The minimum atomic E-state index is -4.43. The molecule has 0 spiro atoms. The molecule has 0 radical (unpaired) electrons. The Morgan fingerprint density at radius 2 is 1.59 bits per heavy atom. The van der Waals surface area contributed by atoms with Crippen LogP contribution >= 0.6 is 0 Å². The molecule has 0 N–H and O–H groups in total. The van der Waals surface area contributed by atoms with Crippen LogP contribution in [0.5, 0.6) is 0 Å². The first-order valence-electron chi connectivity index (χ1n) is 8.86. The molecule has 0 unspecified atom stereocenters. The van der Waals surface area contributed by atoms with Crippen LogP contribution in [-0.4, -0.2) is 9.55 Å². The van der Waals surface area contributed by atoms with Gasteiger partial charge in [-0.15, -0.1) is 0 Å². The molecule has 4 rings (SSSR count). The number of alkyl halides is 3. The van der Waals surface area contributed by atoms with Gasteiger partial charge in [0.1, 0.15) is 5.82 Å². The molecule has 0 aliphatic rings. The van der Waals surface area contributed by atoms with Crippen LogP contribution in [0.25, 0.3) is 34.6 Å². The molecule has 29 heavy (non-hydrogen) atoms. The lowest BCUT2D eigenvalue weighted by atomic mass is 10.1. The van der Waals surface area contributed by atoms with Crippen molar-refractivity contribution in [1.82, 2.24) is 9.55 Å². The smallest absolute Gasteiger partial charge is 0.268 e. The summed E-state index contributed by atoms with van der Waals surface area (Å²) >= 11 is 0. The minimum Gasteiger partial charge on any atom is -0.268 e. The molecule has 3 nitrogen and oxygen atoms in total. The minimum absolute atomic E-state index is 0.294. The predicted molar refractivity (Wildman–Crippen MR) is 108 cm³/mol. The molecule has 0 aliphatic heterocycles. The van der Waals surface area contributed by atoms with Crippen LogP contribution in [0.1, 0.15) is 11.1 Å². The summed E-state index contributed by atoms with van der Waals surface area (Å²) in [6.07, 6.45) is -1.50. The molecular formula is C23H15F3N2O. The van der Waals surface area contributed by atoms with E-state index in [0.29, 0.717) is 22.3 Å². The Morgan fingerprint density at radius 1 is 0.862 bits per heavy atom. The maximum atomic E-state index is 13.1. The van der Waals surface area contributed by atoms with Crippen molar-refractivity contribution < 1.29 is 13.2 Å². The van der Waals surface area contributed by atoms with Gasteiger partial charge in [0, 0.05) is 11.8 Å². The summed E-state index contributed by atoms with van der Waals surface area (Å²) in [6, 6.07) is 21.1. The van der Waals surface area contributed by atoms with Crippen LogP contribution in [0.3, 0.4) is 0 Å². The standard InChI is InChI=1S/C23H15F3N2O/c24-23(25,26)18-10-6-7-16(15-18)13-14-28-21(17-8-2-1-3-9-17)27-20-12-5-4-11-19(20)22(28)29/h1-15H/b14-13+. The largest absolute Gasteiger partial charge is 0.416 e. The van der Waals surface area contributed by atoms with Gasteiger partial charge in [-0.3, -0.25) is 9.36 Å². The second-order valence-corrected chi connectivity index (χ2v) is 6.43. The van der Waals surface area contributed by atoms with Crippen LogP contribution in [0.15, 0.2) is 83.7 Å². The first-order valence-corrected chi connectivity index (χ1v) is 8.86. The zero-order valence-corrected chi connectivity index (χ0v) is 15.1. The van der Waals surface area contributed by atoms with E-state index in [9.17, 15) is 18.0 Å². The highest BCUT2D eigenvalue weighted by Crippen LogP contribution is 2.30. The van der Waals surface area contributed by atoms with E-state index in [2.05, 4.69) is 4.98 Å². The second kappa shape index (κ2) is 7.39. The number of hydrogen-bond donors (Lipinski definition) is 0. The molecule has 0 atom stereocenters. The third-order valence-electron chi connectivity index (χ3n) is 4.47. The summed E-state index contributed by atoms with van der Waals surface area (Å²) < 4.78 is 40.3. The topological polar surface area (TPSA) is 34.9 Å². The maximum absolute atomic E-state index is 13.1. The molecule has 0 fully saturated rings. The van der Waals surface area contributed by atoms with Gasteiger partial charge in [-0.1, -0.05) is 54.6 Å². The molecule has 0 bridgehead atoms. The average Bonchev–Trinajstić information content (AvgIpc) is 2.73. The molecule has 4 aromatic rings. The summed E-state index contributed by atoms with van der Waals surface area (Å²) in [4.78, 5) is 17.7. The Hall–Kier alpha value is -3.67. The SMILES string of the molecule is O=c1c2ccccc2nc(-c2ccccc2)n1/C=C/c1cccc(C(F)(F)F)c1. The van der Waals surface area contributed by atoms with E-state index in [4.69, 9.17) is 0 Å². The zero-order valence-electron chi connectivity index (χ0n) is 15.1. The van der Waals surface area contributed by atoms with E-state index in [-0.39, 0.29) is 5.56 Å². The van der Waals surface area contributed by atoms with Gasteiger partial charge >= 0.3 is 6.18 Å². The quantitative estimate of drug-likeness (QED) is 0.448. The van der Waals surface area contributed by atoms with Crippen LogP contribution in [0.4, 0.5) is 13.2 Å². The molecule has 0 saturated heterocycles. The third kappa shape index (κ3) is 3.82. The van der Waals surface area contributed by atoms with Crippen molar-refractivity contribution in [3.8, 4) is 11.4 Å². The van der Waals surface area contributed by atoms with Gasteiger partial charge < -0.3 is 0 Å². The number of rotatable bonds is 3. The molecular weight excluding hydrogens is 377 g/mol. The molecule has 1 aromatic heterocycles. The first kappa shape index (κ1) is 18.7. The van der Waals surface area contributed by atoms with Crippen LogP contribution in [-0.2, 0) is 6.18 Å². The van der Waals surface area contributed by atoms with Crippen molar-refractivity contribution in [2.45, 2.75) is 6.18 Å². The normalized spacial score (nSPS) is 12.0. The molecule has 1 heterocycles.